The third kappa shape index (κ3) is 55.8. The first-order chi connectivity index (χ1) is 29.3. The summed E-state index contributed by atoms with van der Waals surface area (Å²) < 4.78 is 0. The van der Waals surface area contributed by atoms with Crippen LogP contribution >= 0.6 is 0 Å². The summed E-state index contributed by atoms with van der Waals surface area (Å²) in [5, 5.41) is 14.1. The molecule has 5 heteroatoms. The van der Waals surface area contributed by atoms with Gasteiger partial charge in [-0.1, -0.05) is 258 Å². The molecule has 0 spiro atoms. The smallest absolute Gasteiger partial charge is 0.0165 e. The van der Waals surface area contributed by atoms with Gasteiger partial charge < -0.3 is 27.0 Å². The largest absolute Gasteiger partial charge is 0.327 e. The van der Waals surface area contributed by atoms with Crippen LogP contribution in [0.5, 0.6) is 0 Å². The van der Waals surface area contributed by atoms with E-state index in [0.717, 1.165) is 52.2 Å². The van der Waals surface area contributed by atoms with E-state index in [-0.39, 0.29) is 0 Å². The Morgan fingerprint density at radius 2 is 0.492 bits per heavy atom. The number of nitrogens with one attached hydrogen (secondary N) is 4. The summed E-state index contributed by atoms with van der Waals surface area (Å²) in [4.78, 5) is 0. The molecule has 1 unspecified atom stereocenters. The van der Waals surface area contributed by atoms with E-state index in [0.29, 0.717) is 6.04 Å². The minimum absolute atomic E-state index is 0.309. The molecule has 59 heavy (non-hydrogen) atoms. The highest BCUT2D eigenvalue weighted by atomic mass is 14.9. The summed E-state index contributed by atoms with van der Waals surface area (Å²) in [5.41, 5.74) is 6.34. The molecule has 0 aliphatic rings. The van der Waals surface area contributed by atoms with Gasteiger partial charge in [0, 0.05) is 25.7 Å². The van der Waals surface area contributed by atoms with Crippen molar-refractivity contribution in [3.05, 3.63) is 0 Å². The van der Waals surface area contributed by atoms with E-state index in [9.17, 15) is 0 Å². The predicted molar refractivity (Wildman–Crippen MR) is 269 cm³/mol. The van der Waals surface area contributed by atoms with E-state index >= 15 is 0 Å². The maximum atomic E-state index is 6.34. The number of rotatable bonds is 55. The SMILES string of the molecule is CCCCCCCCCCCCCCCCCCCCCCCCCCCCCCCCCCCCCCNCCCCC(N)CNCCCCCCNCCNCC. The molecule has 0 amide bonds. The van der Waals surface area contributed by atoms with Gasteiger partial charge in [0.05, 0.1) is 0 Å². The molecular formula is C54H115N5. The zero-order valence-electron chi connectivity index (χ0n) is 41.2. The second-order valence-corrected chi connectivity index (χ2v) is 19.1. The molecule has 0 aromatic carbocycles. The van der Waals surface area contributed by atoms with Crippen LogP contribution in [0.1, 0.15) is 290 Å². The normalized spacial score (nSPS) is 12.3. The van der Waals surface area contributed by atoms with Gasteiger partial charge in [0.2, 0.25) is 0 Å². The quantitative estimate of drug-likeness (QED) is 0.0395. The molecule has 356 valence electrons. The van der Waals surface area contributed by atoms with Gasteiger partial charge in [-0.15, -0.1) is 0 Å². The molecule has 0 aliphatic carbocycles. The Kier molecular flexibility index (Phi) is 55.6. The molecule has 0 rings (SSSR count). The Morgan fingerprint density at radius 1 is 0.254 bits per heavy atom. The number of nitrogens with two attached hydrogens (primary N) is 1. The maximum absolute atomic E-state index is 6.34. The number of hydrogen-bond acceptors (Lipinski definition) is 5. The van der Waals surface area contributed by atoms with Gasteiger partial charge in [-0.25, -0.2) is 0 Å². The number of unbranched alkanes of at least 4 members (excludes halogenated alkanes) is 39. The van der Waals surface area contributed by atoms with Crippen LogP contribution in [0, 0.1) is 0 Å². The molecule has 6 N–H and O–H groups in total. The Balaban J connectivity index is 3.11. The van der Waals surface area contributed by atoms with Gasteiger partial charge >= 0.3 is 0 Å². The van der Waals surface area contributed by atoms with Gasteiger partial charge in [-0.2, -0.15) is 0 Å². The molecule has 0 saturated heterocycles. The fourth-order valence-corrected chi connectivity index (χ4v) is 8.84. The second kappa shape index (κ2) is 55.8. The van der Waals surface area contributed by atoms with Crippen LogP contribution in [0.4, 0.5) is 0 Å². The van der Waals surface area contributed by atoms with Crippen molar-refractivity contribution >= 4 is 0 Å². The zero-order chi connectivity index (χ0) is 42.5. The fourth-order valence-electron chi connectivity index (χ4n) is 8.84. The van der Waals surface area contributed by atoms with Crippen molar-refractivity contribution in [1.82, 2.24) is 21.3 Å². The molecule has 0 heterocycles. The van der Waals surface area contributed by atoms with Gasteiger partial charge in [0.1, 0.15) is 0 Å². The van der Waals surface area contributed by atoms with Crippen LogP contribution in [0.3, 0.4) is 0 Å². The molecule has 5 nitrogen and oxygen atoms in total. The van der Waals surface area contributed by atoms with Crippen LogP contribution < -0.4 is 27.0 Å². The van der Waals surface area contributed by atoms with E-state index in [1.807, 2.05) is 0 Å². The summed E-state index contributed by atoms with van der Waals surface area (Å²) in [6, 6.07) is 0.309. The lowest BCUT2D eigenvalue weighted by atomic mass is 10.0. The van der Waals surface area contributed by atoms with Crippen molar-refractivity contribution in [2.24, 2.45) is 5.73 Å². The van der Waals surface area contributed by atoms with E-state index in [1.165, 1.54) is 276 Å². The average Bonchev–Trinajstić information content (AvgIpc) is 3.24. The van der Waals surface area contributed by atoms with E-state index < -0.39 is 0 Å². The molecule has 0 bridgehead atoms. The van der Waals surface area contributed by atoms with Gasteiger partial charge in [0.15, 0.2) is 0 Å². The summed E-state index contributed by atoms with van der Waals surface area (Å²) in [6.45, 7) is 13.3. The van der Waals surface area contributed by atoms with Crippen molar-refractivity contribution in [2.45, 2.75) is 296 Å². The molecule has 0 fully saturated rings. The van der Waals surface area contributed by atoms with Crippen LogP contribution in [0.2, 0.25) is 0 Å². The summed E-state index contributed by atoms with van der Waals surface area (Å²) >= 11 is 0. The van der Waals surface area contributed by atoms with Gasteiger partial charge in [-0.05, 0) is 64.8 Å². The number of hydrogen-bond donors (Lipinski definition) is 5. The standard InChI is InChI=1S/C54H115N5/c1-3-5-6-7-8-9-10-11-12-13-14-15-16-17-18-19-20-21-22-23-24-25-26-27-28-29-30-31-32-33-34-35-36-37-38-42-47-57-49-45-41-46-54(55)53-59-50-44-40-39-43-48-58-52-51-56-4-2/h54,56-59H,3-53,55H2,1-2H3. The Morgan fingerprint density at radius 3 is 0.797 bits per heavy atom. The summed E-state index contributed by atoms with van der Waals surface area (Å²) in [7, 11) is 0. The average molecular weight is 835 g/mol. The predicted octanol–water partition coefficient (Wildman–Crippen LogP) is 15.5. The first-order valence-corrected chi connectivity index (χ1v) is 27.9. The van der Waals surface area contributed by atoms with Crippen LogP contribution in [-0.2, 0) is 0 Å². The number of likely N-dealkylation sites (N-methyl/N-ethyl adjacent to an activating group) is 1. The van der Waals surface area contributed by atoms with Crippen LogP contribution in [0.15, 0.2) is 0 Å². The van der Waals surface area contributed by atoms with Gasteiger partial charge in [0.25, 0.3) is 0 Å². The third-order valence-corrected chi connectivity index (χ3v) is 13.0. The minimum Gasteiger partial charge on any atom is -0.327 e. The van der Waals surface area contributed by atoms with Crippen molar-refractivity contribution in [2.75, 3.05) is 52.4 Å². The molecule has 0 radical (unpaired) electrons. The molecule has 0 aromatic heterocycles. The fraction of sp³-hybridized carbons (Fsp3) is 1.00. The maximum Gasteiger partial charge on any atom is 0.0165 e. The Bertz CT molecular complexity index is 704. The monoisotopic (exact) mass is 834 g/mol. The molecule has 0 aliphatic heterocycles. The lowest BCUT2D eigenvalue weighted by molar-refractivity contribution is 0.492. The zero-order valence-corrected chi connectivity index (χ0v) is 41.2. The van der Waals surface area contributed by atoms with Crippen molar-refractivity contribution in [3.8, 4) is 0 Å². The summed E-state index contributed by atoms with van der Waals surface area (Å²) in [5.74, 6) is 0. The lowest BCUT2D eigenvalue weighted by Crippen LogP contribution is -2.34. The topological polar surface area (TPSA) is 74.1 Å². The molecule has 0 saturated carbocycles. The van der Waals surface area contributed by atoms with E-state index in [1.54, 1.807) is 0 Å². The van der Waals surface area contributed by atoms with Crippen LogP contribution in [0.25, 0.3) is 0 Å². The molecule has 0 aromatic rings. The molecular weight excluding hydrogens is 719 g/mol. The highest BCUT2D eigenvalue weighted by molar-refractivity contribution is 4.66. The first-order valence-electron chi connectivity index (χ1n) is 27.9. The second-order valence-electron chi connectivity index (χ2n) is 19.1. The van der Waals surface area contributed by atoms with Crippen LogP contribution in [-0.4, -0.2) is 58.4 Å². The highest BCUT2D eigenvalue weighted by Gasteiger charge is 2.02. The highest BCUT2D eigenvalue weighted by Crippen LogP contribution is 2.17. The van der Waals surface area contributed by atoms with E-state index in [4.69, 9.17) is 5.73 Å². The minimum atomic E-state index is 0.309. The summed E-state index contributed by atoms with van der Waals surface area (Å²) in [6.07, 6.45) is 61.8. The third-order valence-electron chi connectivity index (χ3n) is 13.0. The van der Waals surface area contributed by atoms with Crippen molar-refractivity contribution in [1.29, 1.82) is 0 Å². The van der Waals surface area contributed by atoms with Crippen molar-refractivity contribution < 1.29 is 0 Å². The Labute approximate surface area is 374 Å². The Hall–Kier alpha value is -0.200. The van der Waals surface area contributed by atoms with E-state index in [2.05, 4.69) is 35.1 Å². The van der Waals surface area contributed by atoms with Gasteiger partial charge in [-0.3, -0.25) is 0 Å². The first kappa shape index (κ1) is 58.8. The molecule has 1 atom stereocenters. The van der Waals surface area contributed by atoms with Crippen molar-refractivity contribution in [3.63, 3.8) is 0 Å². The lowest BCUT2D eigenvalue weighted by Gasteiger charge is -2.13.